The first kappa shape index (κ1) is 17.5. The van der Waals surface area contributed by atoms with Crippen molar-refractivity contribution < 1.29 is 9.18 Å². The fraction of sp³-hybridized carbons (Fsp3) is 0.125. The van der Waals surface area contributed by atoms with Gasteiger partial charge in [-0.15, -0.1) is 11.3 Å². The van der Waals surface area contributed by atoms with E-state index >= 15 is 0 Å². The van der Waals surface area contributed by atoms with E-state index in [4.69, 9.17) is 23.2 Å². The highest BCUT2D eigenvalue weighted by Crippen LogP contribution is 2.33. The van der Waals surface area contributed by atoms with Gasteiger partial charge in [-0.1, -0.05) is 35.0 Å². The molecule has 1 N–H and O–H groups in total. The standard InChI is InChI=1S/C16H11Cl2FN2OS2/c1-8(15(22)20-12-4-3-10(19)7-11(12)18)23-16-21-13-6-9(17)2-5-14(13)24-16/h2-8H,1H3,(H,20,22)/t8-/m1/s1. The monoisotopic (exact) mass is 400 g/mol. The van der Waals surface area contributed by atoms with Crippen molar-refractivity contribution in [2.24, 2.45) is 0 Å². The summed E-state index contributed by atoms with van der Waals surface area (Å²) in [5.41, 5.74) is 1.19. The summed E-state index contributed by atoms with van der Waals surface area (Å²) in [4.78, 5) is 16.8. The summed E-state index contributed by atoms with van der Waals surface area (Å²) in [6.07, 6.45) is 0. The molecule has 1 aromatic heterocycles. The Labute approximate surface area is 156 Å². The number of benzene rings is 2. The van der Waals surface area contributed by atoms with Gasteiger partial charge in [0, 0.05) is 5.02 Å². The average molecular weight is 401 g/mol. The molecule has 0 spiro atoms. The van der Waals surface area contributed by atoms with Crippen molar-refractivity contribution in [2.75, 3.05) is 5.32 Å². The first-order valence-corrected chi connectivity index (χ1v) is 9.36. The second-order valence-corrected chi connectivity index (χ2v) is 8.43. The van der Waals surface area contributed by atoms with Crippen LogP contribution in [0, 0.1) is 5.82 Å². The third kappa shape index (κ3) is 4.00. The quantitative estimate of drug-likeness (QED) is 0.557. The van der Waals surface area contributed by atoms with E-state index in [2.05, 4.69) is 10.3 Å². The van der Waals surface area contributed by atoms with Crippen molar-refractivity contribution in [1.29, 1.82) is 0 Å². The molecular weight excluding hydrogens is 390 g/mol. The number of anilines is 1. The maximum Gasteiger partial charge on any atom is 0.237 e. The zero-order valence-electron chi connectivity index (χ0n) is 12.3. The molecule has 3 nitrogen and oxygen atoms in total. The number of fused-ring (bicyclic) bond motifs is 1. The zero-order valence-corrected chi connectivity index (χ0v) is 15.5. The molecule has 0 radical (unpaired) electrons. The predicted octanol–water partition coefficient (Wildman–Crippen LogP) is 5.86. The summed E-state index contributed by atoms with van der Waals surface area (Å²) in [6, 6.07) is 9.35. The normalized spacial score (nSPS) is 12.3. The van der Waals surface area contributed by atoms with E-state index in [0.29, 0.717) is 10.7 Å². The molecule has 0 aliphatic rings. The number of carbonyl (C=O) groups excluding carboxylic acids is 1. The molecule has 1 amide bonds. The van der Waals surface area contributed by atoms with Crippen LogP contribution in [0.3, 0.4) is 0 Å². The topological polar surface area (TPSA) is 42.0 Å². The number of nitrogens with zero attached hydrogens (tertiary/aromatic N) is 1. The molecule has 0 unspecified atom stereocenters. The van der Waals surface area contributed by atoms with Gasteiger partial charge < -0.3 is 5.32 Å². The van der Waals surface area contributed by atoms with Crippen molar-refractivity contribution in [2.45, 2.75) is 16.5 Å². The number of nitrogens with one attached hydrogen (secondary N) is 1. The van der Waals surface area contributed by atoms with Crippen LogP contribution in [0.25, 0.3) is 10.2 Å². The van der Waals surface area contributed by atoms with Crippen molar-refractivity contribution in [3.63, 3.8) is 0 Å². The summed E-state index contributed by atoms with van der Waals surface area (Å²) in [7, 11) is 0. The average Bonchev–Trinajstić information content (AvgIpc) is 2.91. The van der Waals surface area contributed by atoms with Crippen LogP contribution in [-0.4, -0.2) is 16.1 Å². The van der Waals surface area contributed by atoms with Crippen LogP contribution < -0.4 is 5.32 Å². The van der Waals surface area contributed by atoms with Gasteiger partial charge in [0.2, 0.25) is 5.91 Å². The molecule has 2 aromatic carbocycles. The maximum atomic E-state index is 13.0. The first-order chi connectivity index (χ1) is 11.4. The van der Waals surface area contributed by atoms with E-state index in [1.54, 1.807) is 13.0 Å². The molecule has 0 aliphatic carbocycles. The van der Waals surface area contributed by atoms with Gasteiger partial charge >= 0.3 is 0 Å². The highest BCUT2D eigenvalue weighted by atomic mass is 35.5. The lowest BCUT2D eigenvalue weighted by atomic mass is 10.3. The smallest absolute Gasteiger partial charge is 0.237 e. The first-order valence-electron chi connectivity index (χ1n) is 6.91. The lowest BCUT2D eigenvalue weighted by molar-refractivity contribution is -0.115. The second-order valence-electron chi connectivity index (χ2n) is 4.97. The van der Waals surface area contributed by atoms with Crippen LogP contribution in [0.1, 0.15) is 6.92 Å². The number of rotatable bonds is 4. The molecule has 0 aliphatic heterocycles. The van der Waals surface area contributed by atoms with Gasteiger partial charge in [0.1, 0.15) is 5.82 Å². The fourth-order valence-corrected chi connectivity index (χ4v) is 4.53. The SMILES string of the molecule is C[C@@H](Sc1nc2cc(Cl)ccc2s1)C(=O)Nc1ccc(F)cc1Cl. The van der Waals surface area contributed by atoms with Crippen LogP contribution in [0.2, 0.25) is 10.0 Å². The highest BCUT2D eigenvalue weighted by Gasteiger charge is 2.18. The number of hydrogen-bond donors (Lipinski definition) is 1. The number of halogens is 3. The van der Waals surface area contributed by atoms with E-state index in [1.165, 1.54) is 35.2 Å². The molecule has 8 heteroatoms. The number of aromatic nitrogens is 1. The Balaban J connectivity index is 1.70. The molecule has 3 aromatic rings. The lowest BCUT2D eigenvalue weighted by Gasteiger charge is -2.11. The molecule has 0 saturated carbocycles. The zero-order chi connectivity index (χ0) is 17.3. The Kier molecular flexibility index (Phi) is 5.30. The highest BCUT2D eigenvalue weighted by molar-refractivity contribution is 8.02. The van der Waals surface area contributed by atoms with Crippen molar-refractivity contribution >= 4 is 68.1 Å². The van der Waals surface area contributed by atoms with Crippen molar-refractivity contribution in [3.8, 4) is 0 Å². The van der Waals surface area contributed by atoms with Crippen LogP contribution in [-0.2, 0) is 4.79 Å². The second kappa shape index (κ2) is 7.27. The number of hydrogen-bond acceptors (Lipinski definition) is 4. The van der Waals surface area contributed by atoms with Gasteiger partial charge in [-0.3, -0.25) is 4.79 Å². The predicted molar refractivity (Wildman–Crippen MR) is 100.0 cm³/mol. The summed E-state index contributed by atoms with van der Waals surface area (Å²) in [6.45, 7) is 1.77. The van der Waals surface area contributed by atoms with E-state index < -0.39 is 5.82 Å². The minimum Gasteiger partial charge on any atom is -0.324 e. The van der Waals surface area contributed by atoms with Gasteiger partial charge in [-0.05, 0) is 43.3 Å². The number of amides is 1. The Bertz CT molecular complexity index is 916. The lowest BCUT2D eigenvalue weighted by Crippen LogP contribution is -2.22. The minimum absolute atomic E-state index is 0.162. The Morgan fingerprint density at radius 2 is 2.08 bits per heavy atom. The molecule has 24 heavy (non-hydrogen) atoms. The third-order valence-electron chi connectivity index (χ3n) is 3.17. The van der Waals surface area contributed by atoms with E-state index in [-0.39, 0.29) is 16.2 Å². The number of carbonyl (C=O) groups is 1. The molecule has 124 valence electrons. The third-order valence-corrected chi connectivity index (χ3v) is 5.94. The van der Waals surface area contributed by atoms with Crippen LogP contribution >= 0.6 is 46.3 Å². The Morgan fingerprint density at radius 1 is 1.29 bits per heavy atom. The number of thioether (sulfide) groups is 1. The Hall–Kier alpha value is -1.34. The van der Waals surface area contributed by atoms with Crippen LogP contribution in [0.5, 0.6) is 0 Å². The van der Waals surface area contributed by atoms with Crippen LogP contribution in [0.15, 0.2) is 40.7 Å². The molecule has 3 rings (SSSR count). The summed E-state index contributed by atoms with van der Waals surface area (Å²) in [5, 5.41) is 3.10. The largest absolute Gasteiger partial charge is 0.324 e. The molecule has 0 saturated heterocycles. The number of thiazole rings is 1. The van der Waals surface area contributed by atoms with Gasteiger partial charge in [0.05, 0.1) is 26.2 Å². The summed E-state index contributed by atoms with van der Waals surface area (Å²) < 4.78 is 14.8. The minimum atomic E-state index is -0.450. The molecule has 1 atom stereocenters. The Morgan fingerprint density at radius 3 is 2.83 bits per heavy atom. The van der Waals surface area contributed by atoms with Gasteiger partial charge in [-0.25, -0.2) is 9.37 Å². The summed E-state index contributed by atoms with van der Waals surface area (Å²) in [5.74, 6) is -0.681. The van der Waals surface area contributed by atoms with E-state index in [1.807, 2.05) is 12.1 Å². The van der Waals surface area contributed by atoms with Crippen LogP contribution in [0.4, 0.5) is 10.1 Å². The maximum absolute atomic E-state index is 13.0. The van der Waals surface area contributed by atoms with E-state index in [9.17, 15) is 9.18 Å². The van der Waals surface area contributed by atoms with Gasteiger partial charge in [-0.2, -0.15) is 0 Å². The van der Waals surface area contributed by atoms with Crippen molar-refractivity contribution in [3.05, 3.63) is 52.3 Å². The van der Waals surface area contributed by atoms with Gasteiger partial charge in [0.25, 0.3) is 0 Å². The molecule has 1 heterocycles. The molecule has 0 bridgehead atoms. The molecular formula is C16H11Cl2FN2OS2. The summed E-state index contributed by atoms with van der Waals surface area (Å²) >= 11 is 14.7. The van der Waals surface area contributed by atoms with Gasteiger partial charge in [0.15, 0.2) is 4.34 Å². The van der Waals surface area contributed by atoms with E-state index in [0.717, 1.165) is 20.6 Å². The molecule has 0 fully saturated rings. The van der Waals surface area contributed by atoms with Crippen molar-refractivity contribution in [1.82, 2.24) is 4.98 Å². The fourth-order valence-electron chi connectivity index (χ4n) is 1.96.